The Bertz CT molecular complexity index is 355. The fraction of sp³-hybridized carbons (Fsp3) is 0.692. The third-order valence-corrected chi connectivity index (χ3v) is 4.67. The van der Waals surface area contributed by atoms with Gasteiger partial charge in [-0.1, -0.05) is 27.7 Å². The molecule has 1 aliphatic carbocycles. The summed E-state index contributed by atoms with van der Waals surface area (Å²) in [6.45, 7) is 11.8. The molecule has 0 aliphatic heterocycles. The SMILES string of the molecule is Cc1scc2c1C(C)(C)CCC2(C)C. The monoisotopic (exact) mass is 208 g/mol. The van der Waals surface area contributed by atoms with Gasteiger partial charge < -0.3 is 0 Å². The second-order valence-electron chi connectivity index (χ2n) is 5.85. The van der Waals surface area contributed by atoms with Gasteiger partial charge in [0.1, 0.15) is 0 Å². The molecule has 0 aromatic carbocycles. The van der Waals surface area contributed by atoms with Gasteiger partial charge in [0.2, 0.25) is 0 Å². The first-order valence-electron chi connectivity index (χ1n) is 5.44. The van der Waals surface area contributed by atoms with Gasteiger partial charge in [-0.2, -0.15) is 0 Å². The van der Waals surface area contributed by atoms with Gasteiger partial charge in [0.05, 0.1) is 0 Å². The van der Waals surface area contributed by atoms with Crippen LogP contribution < -0.4 is 0 Å². The summed E-state index contributed by atoms with van der Waals surface area (Å²) in [5.74, 6) is 0. The fourth-order valence-electron chi connectivity index (χ4n) is 2.68. The van der Waals surface area contributed by atoms with Crippen molar-refractivity contribution in [3.8, 4) is 0 Å². The summed E-state index contributed by atoms with van der Waals surface area (Å²) in [6, 6.07) is 0. The Hall–Kier alpha value is -0.300. The molecule has 0 radical (unpaired) electrons. The Kier molecular flexibility index (Phi) is 2.08. The van der Waals surface area contributed by atoms with Crippen LogP contribution in [0.15, 0.2) is 5.38 Å². The highest BCUT2D eigenvalue weighted by molar-refractivity contribution is 7.10. The highest BCUT2D eigenvalue weighted by atomic mass is 32.1. The second-order valence-corrected chi connectivity index (χ2v) is 6.93. The topological polar surface area (TPSA) is 0 Å². The van der Waals surface area contributed by atoms with E-state index in [-0.39, 0.29) is 0 Å². The van der Waals surface area contributed by atoms with Crippen molar-refractivity contribution in [3.05, 3.63) is 21.4 Å². The van der Waals surface area contributed by atoms with Crippen molar-refractivity contribution in [2.24, 2.45) is 0 Å². The van der Waals surface area contributed by atoms with Crippen molar-refractivity contribution in [3.63, 3.8) is 0 Å². The fourth-order valence-corrected chi connectivity index (χ4v) is 3.91. The van der Waals surface area contributed by atoms with E-state index >= 15 is 0 Å². The van der Waals surface area contributed by atoms with Crippen molar-refractivity contribution < 1.29 is 0 Å². The van der Waals surface area contributed by atoms with Crippen LogP contribution in [-0.4, -0.2) is 0 Å². The molecule has 0 nitrogen and oxygen atoms in total. The summed E-state index contributed by atoms with van der Waals surface area (Å²) in [4.78, 5) is 1.53. The first-order valence-corrected chi connectivity index (χ1v) is 6.32. The van der Waals surface area contributed by atoms with Crippen LogP contribution in [0.25, 0.3) is 0 Å². The summed E-state index contributed by atoms with van der Waals surface area (Å²) in [7, 11) is 0. The minimum Gasteiger partial charge on any atom is -0.149 e. The Labute approximate surface area is 91.4 Å². The summed E-state index contributed by atoms with van der Waals surface area (Å²) in [6.07, 6.45) is 2.65. The Morgan fingerprint density at radius 3 is 2.21 bits per heavy atom. The average Bonchev–Trinajstić information content (AvgIpc) is 2.44. The largest absolute Gasteiger partial charge is 0.149 e. The second kappa shape index (κ2) is 2.85. The van der Waals surface area contributed by atoms with E-state index in [1.54, 1.807) is 11.1 Å². The van der Waals surface area contributed by atoms with Crippen molar-refractivity contribution in [1.82, 2.24) is 0 Å². The van der Waals surface area contributed by atoms with Crippen LogP contribution in [0.5, 0.6) is 0 Å². The number of thiophene rings is 1. The minimum absolute atomic E-state index is 0.398. The Morgan fingerprint density at radius 1 is 1.07 bits per heavy atom. The van der Waals surface area contributed by atoms with E-state index in [1.807, 2.05) is 11.3 Å². The molecule has 1 heterocycles. The molecular formula is C13H20S. The zero-order valence-electron chi connectivity index (χ0n) is 9.90. The zero-order valence-corrected chi connectivity index (χ0v) is 10.7. The molecular weight excluding hydrogens is 188 g/mol. The molecule has 14 heavy (non-hydrogen) atoms. The molecule has 2 rings (SSSR count). The number of hydrogen-bond acceptors (Lipinski definition) is 1. The highest BCUT2D eigenvalue weighted by Gasteiger charge is 2.38. The maximum absolute atomic E-state index is 2.39. The van der Waals surface area contributed by atoms with Gasteiger partial charge in [-0.3, -0.25) is 0 Å². The normalized spacial score (nSPS) is 23.2. The van der Waals surface area contributed by atoms with Crippen LogP contribution in [0, 0.1) is 6.92 Å². The molecule has 0 saturated carbocycles. The molecule has 0 N–H and O–H groups in total. The molecule has 78 valence electrons. The van der Waals surface area contributed by atoms with Crippen LogP contribution in [-0.2, 0) is 10.8 Å². The summed E-state index contributed by atoms with van der Waals surface area (Å²) in [5, 5.41) is 2.38. The highest BCUT2D eigenvalue weighted by Crippen LogP contribution is 2.48. The van der Waals surface area contributed by atoms with Gasteiger partial charge in [0, 0.05) is 4.88 Å². The van der Waals surface area contributed by atoms with E-state index in [0.717, 1.165) is 0 Å². The van der Waals surface area contributed by atoms with Gasteiger partial charge in [-0.05, 0) is 47.1 Å². The third kappa shape index (κ3) is 1.33. The molecule has 1 aromatic rings. The predicted molar refractivity (Wildman–Crippen MR) is 64.3 cm³/mol. The van der Waals surface area contributed by atoms with Gasteiger partial charge in [0.25, 0.3) is 0 Å². The van der Waals surface area contributed by atoms with Crippen LogP contribution in [0.1, 0.15) is 56.5 Å². The quantitative estimate of drug-likeness (QED) is 0.592. The first-order chi connectivity index (χ1) is 6.34. The van der Waals surface area contributed by atoms with E-state index in [2.05, 4.69) is 40.0 Å². The Balaban J connectivity index is 2.64. The maximum Gasteiger partial charge on any atom is 0.00547 e. The van der Waals surface area contributed by atoms with Crippen molar-refractivity contribution in [1.29, 1.82) is 0 Å². The summed E-state index contributed by atoms with van der Waals surface area (Å²) >= 11 is 1.92. The number of fused-ring (bicyclic) bond motifs is 1. The minimum atomic E-state index is 0.398. The first kappa shape index (κ1) is 10.2. The predicted octanol–water partition coefficient (Wildman–Crippen LogP) is 4.41. The molecule has 1 aromatic heterocycles. The molecule has 0 spiro atoms. The number of hydrogen-bond donors (Lipinski definition) is 0. The van der Waals surface area contributed by atoms with Crippen molar-refractivity contribution in [2.45, 2.75) is 58.3 Å². The van der Waals surface area contributed by atoms with E-state index in [9.17, 15) is 0 Å². The zero-order chi connectivity index (χ0) is 10.6. The smallest absolute Gasteiger partial charge is 0.00547 e. The lowest BCUT2D eigenvalue weighted by molar-refractivity contribution is 0.333. The molecule has 0 atom stereocenters. The van der Waals surface area contributed by atoms with E-state index in [0.29, 0.717) is 10.8 Å². The van der Waals surface area contributed by atoms with E-state index < -0.39 is 0 Å². The van der Waals surface area contributed by atoms with Gasteiger partial charge in [0.15, 0.2) is 0 Å². The van der Waals surface area contributed by atoms with Crippen molar-refractivity contribution in [2.75, 3.05) is 0 Å². The molecule has 0 fully saturated rings. The van der Waals surface area contributed by atoms with E-state index in [4.69, 9.17) is 0 Å². The molecule has 0 unspecified atom stereocenters. The van der Waals surface area contributed by atoms with Crippen LogP contribution >= 0.6 is 11.3 Å². The van der Waals surface area contributed by atoms with Gasteiger partial charge in [-0.15, -0.1) is 11.3 Å². The van der Waals surface area contributed by atoms with Gasteiger partial charge in [-0.25, -0.2) is 0 Å². The number of aryl methyl sites for hydroxylation is 1. The van der Waals surface area contributed by atoms with Crippen molar-refractivity contribution >= 4 is 11.3 Å². The van der Waals surface area contributed by atoms with Crippen LogP contribution in [0.4, 0.5) is 0 Å². The summed E-state index contributed by atoms with van der Waals surface area (Å²) in [5.41, 5.74) is 4.04. The third-order valence-electron chi connectivity index (χ3n) is 3.76. The Morgan fingerprint density at radius 2 is 1.64 bits per heavy atom. The standard InChI is InChI=1S/C13H20S/c1-9-11-10(8-14-9)12(2,3)6-7-13(11,4)5/h8H,6-7H2,1-5H3. The molecule has 1 heteroatoms. The lowest BCUT2D eigenvalue weighted by Crippen LogP contribution is -2.33. The molecule has 0 bridgehead atoms. The number of rotatable bonds is 0. The van der Waals surface area contributed by atoms with Gasteiger partial charge >= 0.3 is 0 Å². The maximum atomic E-state index is 2.39. The van der Waals surface area contributed by atoms with Crippen LogP contribution in [0.3, 0.4) is 0 Å². The average molecular weight is 208 g/mol. The molecule has 0 saturated heterocycles. The molecule has 1 aliphatic rings. The van der Waals surface area contributed by atoms with E-state index in [1.165, 1.54) is 17.7 Å². The van der Waals surface area contributed by atoms with Crippen LogP contribution in [0.2, 0.25) is 0 Å². The summed E-state index contributed by atoms with van der Waals surface area (Å²) < 4.78 is 0. The lowest BCUT2D eigenvalue weighted by Gasteiger charge is -2.40. The lowest BCUT2D eigenvalue weighted by atomic mass is 9.64. The molecule has 0 amide bonds.